The predicted molar refractivity (Wildman–Crippen MR) is 162 cm³/mol. The number of nitrogens with one attached hydrogen (secondary N) is 1. The average Bonchev–Trinajstić information content (AvgIpc) is 3.30. The quantitative estimate of drug-likeness (QED) is 0.220. The van der Waals surface area contributed by atoms with Gasteiger partial charge in [0.25, 0.3) is 0 Å². The Morgan fingerprint density at radius 3 is 2.32 bits per heavy atom. The minimum atomic E-state index is -1.06. The van der Waals surface area contributed by atoms with Gasteiger partial charge in [0.15, 0.2) is 5.60 Å². The number of hydrogen-bond donors (Lipinski definition) is 1. The summed E-state index contributed by atoms with van der Waals surface area (Å²) in [6.45, 7) is 5.73. The van der Waals surface area contributed by atoms with Crippen molar-refractivity contribution in [2.24, 2.45) is 0 Å². The molecule has 1 unspecified atom stereocenters. The molecule has 1 spiro atoms. The van der Waals surface area contributed by atoms with E-state index in [0.717, 1.165) is 46.8 Å². The monoisotopic (exact) mass is 538 g/mol. The molecule has 202 valence electrons. The Balaban J connectivity index is 1.32. The van der Waals surface area contributed by atoms with Crippen LogP contribution < -0.4 is 15.0 Å². The van der Waals surface area contributed by atoms with Gasteiger partial charge in [0.05, 0.1) is 16.9 Å². The van der Waals surface area contributed by atoms with E-state index in [0.29, 0.717) is 17.1 Å². The number of hydrogen-bond acceptors (Lipinski definition) is 5. The summed E-state index contributed by atoms with van der Waals surface area (Å²) >= 11 is 0. The summed E-state index contributed by atoms with van der Waals surface area (Å²) < 4.78 is 12.8. The molecule has 5 heteroatoms. The van der Waals surface area contributed by atoms with Gasteiger partial charge in [0.1, 0.15) is 11.5 Å². The first kappa shape index (κ1) is 25.0. The van der Waals surface area contributed by atoms with E-state index in [1.165, 1.54) is 11.1 Å². The van der Waals surface area contributed by atoms with Gasteiger partial charge in [0.2, 0.25) is 0 Å². The van der Waals surface area contributed by atoms with Crippen LogP contribution in [0.15, 0.2) is 115 Å². The molecule has 0 bridgehead atoms. The van der Waals surface area contributed by atoms with Crippen molar-refractivity contribution in [1.82, 2.24) is 0 Å². The summed E-state index contributed by atoms with van der Waals surface area (Å²) in [6, 6.07) is 38.6. The highest BCUT2D eigenvalue weighted by Crippen LogP contribution is 2.56. The fraction of sp³-hybridized carbons (Fsp3) is 0.139. The van der Waals surface area contributed by atoms with Gasteiger partial charge in [-0.1, -0.05) is 72.8 Å². The second-order valence-electron chi connectivity index (χ2n) is 10.5. The van der Waals surface area contributed by atoms with Gasteiger partial charge in [-0.3, -0.25) is 0 Å². The summed E-state index contributed by atoms with van der Waals surface area (Å²) in [5, 5.41) is 3.66. The molecule has 41 heavy (non-hydrogen) atoms. The van der Waals surface area contributed by atoms with Crippen molar-refractivity contribution in [2.45, 2.75) is 26.0 Å². The lowest BCUT2D eigenvalue weighted by molar-refractivity contribution is 0.0224. The summed E-state index contributed by atoms with van der Waals surface area (Å²) in [7, 11) is 0. The molecule has 2 aliphatic rings. The van der Waals surface area contributed by atoms with Gasteiger partial charge < -0.3 is 19.7 Å². The Labute approximate surface area is 240 Å². The second-order valence-corrected chi connectivity index (χ2v) is 10.5. The van der Waals surface area contributed by atoms with Crippen molar-refractivity contribution in [1.29, 1.82) is 0 Å². The van der Waals surface area contributed by atoms with Crippen molar-refractivity contribution >= 4 is 23.0 Å². The minimum absolute atomic E-state index is 0.323. The number of para-hydroxylation sites is 1. The van der Waals surface area contributed by atoms with Crippen LogP contribution in [0.1, 0.15) is 45.1 Å². The van der Waals surface area contributed by atoms with Crippen LogP contribution in [0.25, 0.3) is 0 Å². The Morgan fingerprint density at radius 2 is 1.49 bits per heavy atom. The third-order valence-corrected chi connectivity index (χ3v) is 8.00. The van der Waals surface area contributed by atoms with E-state index in [-0.39, 0.29) is 5.97 Å². The maximum absolute atomic E-state index is 13.1. The molecule has 0 aliphatic carbocycles. The van der Waals surface area contributed by atoms with Crippen LogP contribution in [0.5, 0.6) is 11.5 Å². The summed E-state index contributed by atoms with van der Waals surface area (Å²) in [4.78, 5) is 15.4. The molecule has 5 aromatic carbocycles. The molecule has 7 rings (SSSR count). The number of fused-ring (bicyclic) bond motifs is 6. The van der Waals surface area contributed by atoms with E-state index in [9.17, 15) is 4.79 Å². The minimum Gasteiger partial charge on any atom is -0.456 e. The second kappa shape index (κ2) is 9.86. The lowest BCUT2D eigenvalue weighted by Crippen LogP contribution is -2.33. The molecule has 2 heterocycles. The largest absolute Gasteiger partial charge is 0.456 e. The summed E-state index contributed by atoms with van der Waals surface area (Å²) in [6.07, 6.45) is 0. The number of anilines is 3. The fourth-order valence-corrected chi connectivity index (χ4v) is 6.09. The highest BCUT2D eigenvalue weighted by Gasteiger charge is 2.53. The number of carbonyl (C=O) groups is 1. The zero-order chi connectivity index (χ0) is 28.0. The van der Waals surface area contributed by atoms with Crippen molar-refractivity contribution in [3.8, 4) is 11.5 Å². The summed E-state index contributed by atoms with van der Waals surface area (Å²) in [5.41, 5.74) is 7.57. The van der Waals surface area contributed by atoms with E-state index in [1.807, 2.05) is 60.7 Å². The Morgan fingerprint density at radius 1 is 0.756 bits per heavy atom. The van der Waals surface area contributed by atoms with E-state index >= 15 is 0 Å². The molecule has 1 N–H and O–H groups in total. The molecule has 0 amide bonds. The normalized spacial score (nSPS) is 16.3. The molecular weight excluding hydrogens is 508 g/mol. The first-order valence-electron chi connectivity index (χ1n) is 14.0. The first-order valence-corrected chi connectivity index (χ1v) is 14.0. The van der Waals surface area contributed by atoms with Gasteiger partial charge >= 0.3 is 5.97 Å². The van der Waals surface area contributed by atoms with Crippen LogP contribution in [0.2, 0.25) is 0 Å². The number of esters is 1. The third-order valence-electron chi connectivity index (χ3n) is 8.00. The first-order chi connectivity index (χ1) is 20.1. The van der Waals surface area contributed by atoms with E-state index < -0.39 is 5.60 Å². The van der Waals surface area contributed by atoms with Gasteiger partial charge in [-0.2, -0.15) is 0 Å². The van der Waals surface area contributed by atoms with Crippen molar-refractivity contribution in [3.63, 3.8) is 0 Å². The molecule has 0 fully saturated rings. The van der Waals surface area contributed by atoms with Crippen molar-refractivity contribution in [2.75, 3.05) is 16.8 Å². The summed E-state index contributed by atoms with van der Waals surface area (Å²) in [5.74, 6) is 1.04. The molecule has 0 saturated carbocycles. The zero-order valence-corrected chi connectivity index (χ0v) is 23.1. The number of rotatable bonds is 6. The van der Waals surface area contributed by atoms with Crippen LogP contribution in [0.3, 0.4) is 0 Å². The smallest absolute Gasteiger partial charge is 0.340 e. The fourth-order valence-electron chi connectivity index (χ4n) is 6.09. The standard InChI is InChI=1S/C36H30N2O3/c1-3-38(32-20-17-24(2)21-31(32)37-23-25-11-5-4-6-12-25)26-18-19-30-34(22-26)40-33-16-10-9-15-29(33)36(30)28-14-8-7-13-27(28)35(39)41-36/h4-22,37H,3,23H2,1-2H3. The molecule has 5 nitrogen and oxygen atoms in total. The van der Waals surface area contributed by atoms with Crippen LogP contribution in [0, 0.1) is 6.92 Å². The maximum atomic E-state index is 13.1. The molecule has 5 aromatic rings. The van der Waals surface area contributed by atoms with Crippen molar-refractivity contribution < 1.29 is 14.3 Å². The topological polar surface area (TPSA) is 50.8 Å². The van der Waals surface area contributed by atoms with Gasteiger partial charge in [0, 0.05) is 41.5 Å². The van der Waals surface area contributed by atoms with Crippen LogP contribution >= 0.6 is 0 Å². The van der Waals surface area contributed by atoms with Gasteiger partial charge in [-0.05, 0) is 61.4 Å². The average molecular weight is 539 g/mol. The van der Waals surface area contributed by atoms with Crippen molar-refractivity contribution in [3.05, 3.63) is 149 Å². The Bertz CT molecular complexity index is 1780. The van der Waals surface area contributed by atoms with Crippen LogP contribution in [0.4, 0.5) is 17.1 Å². The lowest BCUT2D eigenvalue weighted by Gasteiger charge is -2.37. The maximum Gasteiger partial charge on any atom is 0.340 e. The Hall–Kier alpha value is -5.03. The van der Waals surface area contributed by atoms with Gasteiger partial charge in [-0.15, -0.1) is 0 Å². The molecule has 0 radical (unpaired) electrons. The van der Waals surface area contributed by atoms with E-state index in [4.69, 9.17) is 9.47 Å². The molecule has 2 aliphatic heterocycles. The number of aryl methyl sites for hydroxylation is 1. The molecule has 0 aromatic heterocycles. The van der Waals surface area contributed by atoms with Gasteiger partial charge in [-0.25, -0.2) is 4.79 Å². The number of carbonyl (C=O) groups excluding carboxylic acids is 1. The number of benzene rings is 5. The van der Waals surface area contributed by atoms with Crippen LogP contribution in [-0.4, -0.2) is 12.5 Å². The number of nitrogens with zero attached hydrogens (tertiary/aromatic N) is 1. The number of ether oxygens (including phenoxy) is 2. The molecular formula is C36H30N2O3. The highest BCUT2D eigenvalue weighted by atomic mass is 16.6. The Kier molecular flexibility index (Phi) is 6.01. The zero-order valence-electron chi connectivity index (χ0n) is 23.1. The highest BCUT2D eigenvalue weighted by molar-refractivity contribution is 5.97. The SMILES string of the molecule is CCN(c1ccc2c(c1)Oc1ccccc1C21OC(=O)c2ccccc21)c1ccc(C)cc1NCc1ccccc1. The van der Waals surface area contributed by atoms with E-state index in [1.54, 1.807) is 0 Å². The third kappa shape index (κ3) is 4.04. The molecule has 1 atom stereocenters. The van der Waals surface area contributed by atoms with Crippen LogP contribution in [-0.2, 0) is 16.9 Å². The van der Waals surface area contributed by atoms with E-state index in [2.05, 4.69) is 78.7 Å². The lowest BCUT2D eigenvalue weighted by atomic mass is 9.77. The molecule has 0 saturated heterocycles. The predicted octanol–water partition coefficient (Wildman–Crippen LogP) is 8.33.